The summed E-state index contributed by atoms with van der Waals surface area (Å²) < 4.78 is 68.6. The Morgan fingerprint density at radius 1 is 0.962 bits per heavy atom. The van der Waals surface area contributed by atoms with Gasteiger partial charge >= 0.3 is 0 Å². The van der Waals surface area contributed by atoms with Gasteiger partial charge in [0.25, 0.3) is 5.91 Å². The Balaban J connectivity index is 2.12. The number of amides is 1. The van der Waals surface area contributed by atoms with E-state index < -0.39 is 40.7 Å². The number of halogens is 6. The number of hydrazone groups is 1. The molecule has 0 spiro atoms. The molecule has 3 nitrogen and oxygen atoms in total. The second-order valence-corrected chi connectivity index (χ2v) is 6.15. The van der Waals surface area contributed by atoms with Gasteiger partial charge in [-0.2, -0.15) is 10.1 Å². The van der Waals surface area contributed by atoms with Crippen molar-refractivity contribution in [1.82, 2.24) is 0 Å². The van der Waals surface area contributed by atoms with Gasteiger partial charge in [0.2, 0.25) is 5.82 Å². The standard InChI is InChI=1S/C17H8BrF5N2O/c1-7-9(6-8-4-2-3-5-10(8)18)17(26)25(24-7)16-14(22)12(20)11(19)13(21)15(16)23/h2-6H,1H3/b9-6+. The Hall–Kier alpha value is -2.55. The minimum Gasteiger partial charge on any atom is -0.267 e. The highest BCUT2D eigenvalue weighted by Gasteiger charge is 2.37. The lowest BCUT2D eigenvalue weighted by atomic mass is 10.1. The van der Waals surface area contributed by atoms with E-state index in [2.05, 4.69) is 21.0 Å². The molecule has 1 aliphatic heterocycles. The van der Waals surface area contributed by atoms with Gasteiger partial charge in [-0.3, -0.25) is 4.79 Å². The molecular formula is C17H8BrF5N2O. The van der Waals surface area contributed by atoms with Gasteiger partial charge in [-0.05, 0) is 24.6 Å². The Morgan fingerprint density at radius 3 is 2.08 bits per heavy atom. The summed E-state index contributed by atoms with van der Waals surface area (Å²) in [5, 5.41) is 3.84. The van der Waals surface area contributed by atoms with Gasteiger partial charge in [0.1, 0.15) is 5.69 Å². The van der Waals surface area contributed by atoms with Gasteiger partial charge in [0.05, 0.1) is 11.3 Å². The molecule has 134 valence electrons. The normalized spacial score (nSPS) is 15.8. The van der Waals surface area contributed by atoms with Crippen LogP contribution in [0.5, 0.6) is 0 Å². The van der Waals surface area contributed by atoms with E-state index in [1.54, 1.807) is 24.3 Å². The van der Waals surface area contributed by atoms with Crippen LogP contribution in [0.3, 0.4) is 0 Å². The van der Waals surface area contributed by atoms with Crippen molar-refractivity contribution >= 4 is 39.3 Å². The summed E-state index contributed by atoms with van der Waals surface area (Å²) in [4.78, 5) is 12.5. The van der Waals surface area contributed by atoms with E-state index in [-0.39, 0.29) is 16.3 Å². The third kappa shape index (κ3) is 2.82. The van der Waals surface area contributed by atoms with Crippen LogP contribution >= 0.6 is 15.9 Å². The molecule has 1 amide bonds. The summed E-state index contributed by atoms with van der Waals surface area (Å²) in [6.07, 6.45) is 1.40. The quantitative estimate of drug-likeness (QED) is 0.287. The van der Waals surface area contributed by atoms with Crippen LogP contribution in [0.15, 0.2) is 39.4 Å². The summed E-state index contributed by atoms with van der Waals surface area (Å²) in [5.74, 6) is -11.9. The number of rotatable bonds is 2. The largest absolute Gasteiger partial charge is 0.280 e. The molecule has 0 fully saturated rings. The molecule has 0 aliphatic carbocycles. The topological polar surface area (TPSA) is 32.7 Å². The van der Waals surface area contributed by atoms with Gasteiger partial charge in [-0.1, -0.05) is 34.1 Å². The molecule has 1 aliphatic rings. The Morgan fingerprint density at radius 2 is 1.50 bits per heavy atom. The van der Waals surface area contributed by atoms with Crippen molar-refractivity contribution in [3.63, 3.8) is 0 Å². The molecule has 9 heteroatoms. The van der Waals surface area contributed by atoms with E-state index in [9.17, 15) is 26.7 Å². The van der Waals surface area contributed by atoms with E-state index in [1.807, 2.05) is 0 Å². The van der Waals surface area contributed by atoms with E-state index >= 15 is 0 Å². The van der Waals surface area contributed by atoms with Crippen molar-refractivity contribution in [3.8, 4) is 0 Å². The van der Waals surface area contributed by atoms with Crippen molar-refractivity contribution in [3.05, 3.63) is 69.0 Å². The summed E-state index contributed by atoms with van der Waals surface area (Å²) >= 11 is 3.28. The maximum Gasteiger partial charge on any atom is 0.280 e. The SMILES string of the molecule is CC1=NN(c2c(F)c(F)c(F)c(F)c2F)C(=O)/C1=C/c1ccccc1Br. The highest BCUT2D eigenvalue weighted by Crippen LogP contribution is 2.34. The first-order valence-electron chi connectivity index (χ1n) is 7.11. The lowest BCUT2D eigenvalue weighted by molar-refractivity contribution is -0.114. The molecule has 0 atom stereocenters. The zero-order chi connectivity index (χ0) is 19.2. The molecule has 0 unspecified atom stereocenters. The van der Waals surface area contributed by atoms with Crippen LogP contribution in [0.4, 0.5) is 27.6 Å². The van der Waals surface area contributed by atoms with Crippen LogP contribution in [-0.2, 0) is 4.79 Å². The van der Waals surface area contributed by atoms with E-state index in [4.69, 9.17) is 0 Å². The lowest BCUT2D eigenvalue weighted by Gasteiger charge is -2.15. The lowest BCUT2D eigenvalue weighted by Crippen LogP contribution is -2.25. The third-order valence-corrected chi connectivity index (χ3v) is 4.39. The first-order chi connectivity index (χ1) is 12.2. The van der Waals surface area contributed by atoms with Gasteiger partial charge in [0.15, 0.2) is 23.3 Å². The van der Waals surface area contributed by atoms with E-state index in [0.29, 0.717) is 10.0 Å². The minimum absolute atomic E-state index is 0.0409. The van der Waals surface area contributed by atoms with Crippen molar-refractivity contribution in [2.75, 3.05) is 5.01 Å². The molecule has 2 aromatic carbocycles. The molecule has 0 radical (unpaired) electrons. The van der Waals surface area contributed by atoms with Crippen molar-refractivity contribution in [1.29, 1.82) is 0 Å². The van der Waals surface area contributed by atoms with Gasteiger partial charge in [-0.15, -0.1) is 0 Å². The molecular weight excluding hydrogens is 423 g/mol. The van der Waals surface area contributed by atoms with Crippen LogP contribution in [0.2, 0.25) is 0 Å². The van der Waals surface area contributed by atoms with Crippen LogP contribution in [0.1, 0.15) is 12.5 Å². The van der Waals surface area contributed by atoms with Crippen LogP contribution in [-0.4, -0.2) is 11.6 Å². The number of carbonyl (C=O) groups is 1. The second kappa shape index (κ2) is 6.64. The fraction of sp³-hybridized carbons (Fsp3) is 0.0588. The average molecular weight is 431 g/mol. The van der Waals surface area contributed by atoms with Crippen LogP contribution in [0.25, 0.3) is 6.08 Å². The first kappa shape index (κ1) is 18.2. The molecule has 0 saturated heterocycles. The first-order valence-corrected chi connectivity index (χ1v) is 7.91. The van der Waals surface area contributed by atoms with Crippen molar-refractivity contribution < 1.29 is 26.7 Å². The summed E-state index contributed by atoms with van der Waals surface area (Å²) in [6, 6.07) is 6.81. The fourth-order valence-corrected chi connectivity index (χ4v) is 2.76. The van der Waals surface area contributed by atoms with Gasteiger partial charge in [0, 0.05) is 4.47 Å². The monoisotopic (exact) mass is 430 g/mol. The highest BCUT2D eigenvalue weighted by atomic mass is 79.9. The molecule has 0 bridgehead atoms. The number of hydrogen-bond donors (Lipinski definition) is 0. The Kier molecular flexibility index (Phi) is 4.66. The molecule has 3 rings (SSSR count). The summed E-state index contributed by atoms with van der Waals surface area (Å²) in [7, 11) is 0. The molecule has 0 N–H and O–H groups in total. The van der Waals surface area contributed by atoms with Crippen molar-refractivity contribution in [2.45, 2.75) is 6.92 Å². The Labute approximate surface area is 152 Å². The molecule has 0 aromatic heterocycles. The molecule has 1 heterocycles. The maximum atomic E-state index is 14.0. The van der Waals surface area contributed by atoms with Gasteiger partial charge in [-0.25, -0.2) is 22.0 Å². The zero-order valence-electron chi connectivity index (χ0n) is 13.0. The Bertz CT molecular complexity index is 974. The number of nitrogens with zero attached hydrogens (tertiary/aromatic N) is 2. The summed E-state index contributed by atoms with van der Waals surface area (Å²) in [6.45, 7) is 1.38. The predicted molar refractivity (Wildman–Crippen MR) is 88.9 cm³/mol. The zero-order valence-corrected chi connectivity index (χ0v) is 14.5. The summed E-state index contributed by atoms with van der Waals surface area (Å²) in [5.41, 5.74) is -0.818. The van der Waals surface area contributed by atoms with E-state index in [1.165, 1.54) is 13.0 Å². The van der Waals surface area contributed by atoms with Crippen molar-refractivity contribution in [2.24, 2.45) is 5.10 Å². The smallest absolute Gasteiger partial charge is 0.267 e. The predicted octanol–water partition coefficient (Wildman–Crippen LogP) is 4.95. The van der Waals surface area contributed by atoms with Crippen LogP contribution < -0.4 is 5.01 Å². The molecule has 26 heavy (non-hydrogen) atoms. The third-order valence-electron chi connectivity index (χ3n) is 3.67. The average Bonchev–Trinajstić information content (AvgIpc) is 2.88. The van der Waals surface area contributed by atoms with Crippen LogP contribution in [0, 0.1) is 29.1 Å². The second-order valence-electron chi connectivity index (χ2n) is 5.30. The van der Waals surface area contributed by atoms with E-state index in [0.717, 1.165) is 0 Å². The van der Waals surface area contributed by atoms with Gasteiger partial charge < -0.3 is 0 Å². The highest BCUT2D eigenvalue weighted by molar-refractivity contribution is 9.10. The number of hydrogen-bond acceptors (Lipinski definition) is 2. The number of benzene rings is 2. The maximum absolute atomic E-state index is 14.0. The number of carbonyl (C=O) groups excluding carboxylic acids is 1. The molecule has 0 saturated carbocycles. The molecule has 2 aromatic rings. The number of anilines is 1. The minimum atomic E-state index is -2.31. The fourth-order valence-electron chi connectivity index (χ4n) is 2.36.